The van der Waals surface area contributed by atoms with E-state index in [0.29, 0.717) is 23.7 Å². The molecule has 2 aliphatic rings. The first-order valence-electron chi connectivity index (χ1n) is 11.6. The number of hydrogen-bond donors (Lipinski definition) is 0. The molecule has 0 unspecified atom stereocenters. The van der Waals surface area contributed by atoms with Crippen molar-refractivity contribution in [2.24, 2.45) is 0 Å². The van der Waals surface area contributed by atoms with Crippen LogP contribution in [0.15, 0.2) is 54.6 Å². The number of carbonyl (C=O) groups excluding carboxylic acids is 3. The molecule has 0 N–H and O–H groups in total. The van der Waals surface area contributed by atoms with Crippen LogP contribution in [0.3, 0.4) is 0 Å². The lowest BCUT2D eigenvalue weighted by molar-refractivity contribution is 0.0599. The minimum atomic E-state index is -0.180. The summed E-state index contributed by atoms with van der Waals surface area (Å²) in [6.07, 6.45) is 3.71. The summed E-state index contributed by atoms with van der Waals surface area (Å²) in [7, 11) is 0. The molecule has 168 valence electrons. The van der Waals surface area contributed by atoms with E-state index in [0.717, 1.165) is 57.4 Å². The second-order valence-corrected chi connectivity index (χ2v) is 8.59. The number of amides is 3. The van der Waals surface area contributed by atoms with Crippen molar-refractivity contribution in [1.82, 2.24) is 14.7 Å². The Hall–Kier alpha value is -2.99. The van der Waals surface area contributed by atoms with Crippen LogP contribution in [0.1, 0.15) is 63.7 Å². The molecule has 0 radical (unpaired) electrons. The van der Waals surface area contributed by atoms with Crippen LogP contribution in [0.5, 0.6) is 0 Å². The van der Waals surface area contributed by atoms with Crippen LogP contribution < -0.4 is 0 Å². The monoisotopic (exact) mass is 433 g/mol. The second kappa shape index (κ2) is 10.1. The van der Waals surface area contributed by atoms with Crippen LogP contribution in [0.2, 0.25) is 0 Å². The van der Waals surface area contributed by atoms with E-state index in [-0.39, 0.29) is 17.7 Å². The number of likely N-dealkylation sites (tertiary alicyclic amines) is 1. The number of carbonyl (C=O) groups is 3. The largest absolute Gasteiger partial charge is 0.339 e. The van der Waals surface area contributed by atoms with Gasteiger partial charge < -0.3 is 9.80 Å². The van der Waals surface area contributed by atoms with Crippen LogP contribution in [0.4, 0.5) is 0 Å². The number of nitrogens with zero attached hydrogens (tertiary/aromatic N) is 3. The lowest BCUT2D eigenvalue weighted by Crippen LogP contribution is -2.47. The van der Waals surface area contributed by atoms with Gasteiger partial charge in [0.15, 0.2) is 0 Å². The maximum Gasteiger partial charge on any atom is 0.261 e. The Bertz CT molecular complexity index is 932. The summed E-state index contributed by atoms with van der Waals surface area (Å²) in [5.74, 6) is -0.252. The lowest BCUT2D eigenvalue weighted by atomic mass is 10.0. The standard InChI is InChI=1S/C26H31N3O3/c1-2-15-27(16-8-17-29-25(31)22-11-6-7-12-23(22)26(29)32)21-13-18-28(19-14-21)24(30)20-9-4-3-5-10-20/h3-7,9-12,21H,2,8,13-19H2,1H3. The molecule has 1 saturated heterocycles. The maximum atomic E-state index is 12.7. The minimum absolute atomic E-state index is 0.108. The van der Waals surface area contributed by atoms with Gasteiger partial charge in [0.2, 0.25) is 0 Å². The quantitative estimate of drug-likeness (QED) is 0.596. The Labute approximate surface area is 189 Å². The fraction of sp³-hybridized carbons (Fsp3) is 0.423. The fourth-order valence-electron chi connectivity index (χ4n) is 4.84. The van der Waals surface area contributed by atoms with Crippen LogP contribution in [-0.2, 0) is 0 Å². The van der Waals surface area contributed by atoms with Crippen molar-refractivity contribution < 1.29 is 14.4 Å². The molecule has 2 aromatic carbocycles. The number of rotatable bonds is 8. The molecule has 0 atom stereocenters. The highest BCUT2D eigenvalue weighted by Crippen LogP contribution is 2.23. The van der Waals surface area contributed by atoms with Crippen LogP contribution in [-0.4, -0.2) is 71.2 Å². The summed E-state index contributed by atoms with van der Waals surface area (Å²) < 4.78 is 0. The van der Waals surface area contributed by atoms with Crippen molar-refractivity contribution in [3.8, 4) is 0 Å². The molecule has 2 aliphatic heterocycles. The van der Waals surface area contributed by atoms with Gasteiger partial charge in [-0.2, -0.15) is 0 Å². The summed E-state index contributed by atoms with van der Waals surface area (Å²) in [4.78, 5) is 43.7. The lowest BCUT2D eigenvalue weighted by Gasteiger charge is -2.38. The predicted molar refractivity (Wildman–Crippen MR) is 124 cm³/mol. The van der Waals surface area contributed by atoms with Gasteiger partial charge in [-0.05, 0) is 56.5 Å². The van der Waals surface area contributed by atoms with E-state index in [1.807, 2.05) is 35.2 Å². The van der Waals surface area contributed by atoms with E-state index in [2.05, 4.69) is 11.8 Å². The molecule has 1 fully saturated rings. The molecule has 0 spiro atoms. The zero-order valence-electron chi connectivity index (χ0n) is 18.7. The maximum absolute atomic E-state index is 12.7. The molecule has 6 nitrogen and oxygen atoms in total. The summed E-state index contributed by atoms with van der Waals surface area (Å²) in [6, 6.07) is 16.9. The highest BCUT2D eigenvalue weighted by atomic mass is 16.2. The Kier molecular flexibility index (Phi) is 7.00. The second-order valence-electron chi connectivity index (χ2n) is 8.59. The van der Waals surface area contributed by atoms with Gasteiger partial charge >= 0.3 is 0 Å². The van der Waals surface area contributed by atoms with Gasteiger partial charge in [-0.1, -0.05) is 37.3 Å². The van der Waals surface area contributed by atoms with Gasteiger partial charge in [-0.25, -0.2) is 0 Å². The van der Waals surface area contributed by atoms with Crippen LogP contribution in [0.25, 0.3) is 0 Å². The Morgan fingerprint density at radius 3 is 2.09 bits per heavy atom. The van der Waals surface area contributed by atoms with E-state index in [1.54, 1.807) is 24.3 Å². The van der Waals surface area contributed by atoms with E-state index in [9.17, 15) is 14.4 Å². The first-order chi connectivity index (χ1) is 15.6. The van der Waals surface area contributed by atoms with Gasteiger partial charge in [0.05, 0.1) is 11.1 Å². The Morgan fingerprint density at radius 1 is 0.906 bits per heavy atom. The average molecular weight is 434 g/mol. The molecule has 32 heavy (non-hydrogen) atoms. The molecule has 0 aliphatic carbocycles. The van der Waals surface area contributed by atoms with Crippen molar-refractivity contribution in [3.63, 3.8) is 0 Å². The third-order valence-corrected chi connectivity index (χ3v) is 6.50. The van der Waals surface area contributed by atoms with Crippen molar-refractivity contribution in [1.29, 1.82) is 0 Å². The van der Waals surface area contributed by atoms with Crippen molar-refractivity contribution >= 4 is 17.7 Å². The molecular formula is C26H31N3O3. The van der Waals surface area contributed by atoms with Gasteiger partial charge in [0, 0.05) is 37.8 Å². The first-order valence-corrected chi connectivity index (χ1v) is 11.6. The third-order valence-electron chi connectivity index (χ3n) is 6.50. The molecule has 0 aromatic heterocycles. The highest BCUT2D eigenvalue weighted by Gasteiger charge is 2.35. The van der Waals surface area contributed by atoms with Gasteiger partial charge in [-0.15, -0.1) is 0 Å². The fourth-order valence-corrected chi connectivity index (χ4v) is 4.84. The van der Waals surface area contributed by atoms with Gasteiger partial charge in [-0.3, -0.25) is 19.3 Å². The summed E-state index contributed by atoms with van der Waals surface area (Å²) in [6.45, 7) is 5.97. The highest BCUT2D eigenvalue weighted by molar-refractivity contribution is 6.21. The van der Waals surface area contributed by atoms with E-state index in [4.69, 9.17) is 0 Å². The SMILES string of the molecule is CCCN(CCCN1C(=O)c2ccccc2C1=O)C1CCN(C(=O)c2ccccc2)CC1. The number of hydrogen-bond acceptors (Lipinski definition) is 4. The molecule has 4 rings (SSSR count). The average Bonchev–Trinajstić information content (AvgIpc) is 3.08. The number of piperidine rings is 1. The Balaban J connectivity index is 1.29. The molecule has 0 saturated carbocycles. The van der Waals surface area contributed by atoms with Crippen molar-refractivity contribution in [2.45, 2.75) is 38.6 Å². The molecular weight excluding hydrogens is 402 g/mol. The summed E-state index contributed by atoms with van der Waals surface area (Å²) >= 11 is 0. The zero-order chi connectivity index (χ0) is 22.5. The Morgan fingerprint density at radius 2 is 1.50 bits per heavy atom. The number of imide groups is 1. The minimum Gasteiger partial charge on any atom is -0.339 e. The molecule has 2 aromatic rings. The zero-order valence-corrected chi connectivity index (χ0v) is 18.7. The van der Waals surface area contributed by atoms with E-state index >= 15 is 0 Å². The van der Waals surface area contributed by atoms with Gasteiger partial charge in [0.25, 0.3) is 17.7 Å². The van der Waals surface area contributed by atoms with Gasteiger partial charge in [0.1, 0.15) is 0 Å². The predicted octanol–water partition coefficient (Wildman–Crippen LogP) is 3.69. The molecule has 2 heterocycles. The van der Waals surface area contributed by atoms with Crippen molar-refractivity contribution in [3.05, 3.63) is 71.3 Å². The number of fused-ring (bicyclic) bond motifs is 1. The van der Waals surface area contributed by atoms with E-state index < -0.39 is 0 Å². The summed E-state index contributed by atoms with van der Waals surface area (Å²) in [5, 5.41) is 0. The summed E-state index contributed by atoms with van der Waals surface area (Å²) in [5.41, 5.74) is 1.77. The normalized spacial score (nSPS) is 16.7. The smallest absolute Gasteiger partial charge is 0.261 e. The van der Waals surface area contributed by atoms with E-state index in [1.165, 1.54) is 4.90 Å². The molecule has 0 bridgehead atoms. The number of benzene rings is 2. The molecule has 3 amide bonds. The van der Waals surface area contributed by atoms with Crippen LogP contribution >= 0.6 is 0 Å². The first kappa shape index (κ1) is 22.2. The van der Waals surface area contributed by atoms with Crippen LogP contribution in [0, 0.1) is 0 Å². The molecule has 6 heteroatoms. The third kappa shape index (κ3) is 4.60. The topological polar surface area (TPSA) is 60.9 Å². The van der Waals surface area contributed by atoms with Crippen molar-refractivity contribution in [2.75, 3.05) is 32.7 Å².